The molecular weight excluding hydrogens is 731 g/mol. The van der Waals surface area contributed by atoms with Gasteiger partial charge in [0.1, 0.15) is 15.8 Å². The second-order valence-corrected chi connectivity index (χ2v) is 15.9. The Labute approximate surface area is 301 Å². The molecule has 0 unspecified atom stereocenters. The van der Waals surface area contributed by atoms with Crippen molar-refractivity contribution in [1.82, 2.24) is 0 Å². The van der Waals surface area contributed by atoms with Gasteiger partial charge in [-0.2, -0.15) is 4.90 Å². The summed E-state index contributed by atoms with van der Waals surface area (Å²) in [5.74, 6) is -3.76. The van der Waals surface area contributed by atoms with Crippen LogP contribution < -0.4 is 15.5 Å². The van der Waals surface area contributed by atoms with E-state index in [1.165, 1.54) is 24.3 Å². The predicted molar refractivity (Wildman–Crippen MR) is 187 cm³/mol. The van der Waals surface area contributed by atoms with E-state index in [9.17, 15) is 24.3 Å². The average Bonchev–Trinajstić information content (AvgIpc) is 3.50. The highest BCUT2D eigenvalue weighted by Crippen LogP contribution is 2.65. The van der Waals surface area contributed by atoms with Gasteiger partial charge in [-0.15, -0.1) is 23.2 Å². The van der Waals surface area contributed by atoms with Gasteiger partial charge in [-0.1, -0.05) is 55.6 Å². The molecule has 1 fully saturated rings. The first kappa shape index (κ1) is 37.5. The smallest absolute Gasteiger partial charge is 0.424 e. The largest absolute Gasteiger partial charge is 0.464 e. The molecule has 2 atom stereocenters. The van der Waals surface area contributed by atoms with Crippen molar-refractivity contribution in [2.24, 2.45) is 5.92 Å². The van der Waals surface area contributed by atoms with Crippen LogP contribution in [0.15, 0.2) is 48.5 Å². The van der Waals surface area contributed by atoms with Crippen LogP contribution in [0, 0.1) is 11.7 Å². The molecule has 4 amide bonds. The van der Waals surface area contributed by atoms with E-state index >= 15 is 4.39 Å². The van der Waals surface area contributed by atoms with Gasteiger partial charge >= 0.3 is 12.2 Å². The monoisotopic (exact) mass is 759 g/mol. The Morgan fingerprint density at radius 2 is 1.50 bits per heavy atom. The molecule has 4 rings (SSSR count). The number of imide groups is 1. The molecule has 0 saturated heterocycles. The van der Waals surface area contributed by atoms with Gasteiger partial charge in [0.05, 0.1) is 27.9 Å². The number of amides is 4. The maximum Gasteiger partial charge on any atom is 0.424 e. The van der Waals surface area contributed by atoms with E-state index in [1.54, 1.807) is 53.7 Å². The number of hydrogen-bond acceptors (Lipinski definition) is 5. The molecule has 3 aromatic rings. The van der Waals surface area contributed by atoms with E-state index < -0.39 is 57.0 Å². The van der Waals surface area contributed by atoms with Gasteiger partial charge in [0.15, 0.2) is 0 Å². The first-order valence-electron chi connectivity index (χ1n) is 14.4. The van der Waals surface area contributed by atoms with Crippen molar-refractivity contribution in [2.75, 3.05) is 15.5 Å². The molecule has 1 aliphatic rings. The van der Waals surface area contributed by atoms with Crippen molar-refractivity contribution in [3.63, 3.8) is 0 Å². The topological polar surface area (TPSA) is 125 Å². The number of rotatable bonds is 6. The van der Waals surface area contributed by atoms with Crippen LogP contribution in [0.5, 0.6) is 0 Å². The van der Waals surface area contributed by atoms with Crippen LogP contribution in [-0.2, 0) is 14.9 Å². The second-order valence-electron chi connectivity index (χ2n) is 13.1. The Balaban J connectivity index is 1.69. The molecule has 0 radical (unpaired) electrons. The maximum atomic E-state index is 15.4. The Kier molecular flexibility index (Phi) is 10.6. The number of carbonyl (C=O) groups is 4. The van der Waals surface area contributed by atoms with Gasteiger partial charge in [-0.3, -0.25) is 9.59 Å². The number of halogens is 6. The highest BCUT2D eigenvalue weighted by Gasteiger charge is 2.67. The Hall–Kier alpha value is -3.28. The molecule has 3 N–H and O–H groups in total. The minimum Gasteiger partial charge on any atom is -0.464 e. The molecule has 3 aromatic carbocycles. The first-order chi connectivity index (χ1) is 22.0. The number of nitrogens with one attached hydrogen (secondary N) is 2. The zero-order valence-corrected chi connectivity index (χ0v) is 30.3. The summed E-state index contributed by atoms with van der Waals surface area (Å²) in [7, 11) is 0. The zero-order valence-electron chi connectivity index (χ0n) is 26.5. The van der Waals surface area contributed by atoms with Crippen LogP contribution in [0.4, 0.5) is 31.0 Å². The molecule has 0 aromatic heterocycles. The summed E-state index contributed by atoms with van der Waals surface area (Å²) in [4.78, 5) is 52.8. The summed E-state index contributed by atoms with van der Waals surface area (Å²) < 4.78 is 19.2. The standard InChI is InChI=1S/C33H31Cl5FN3O6/c1-31(2,3)24-21(39)9-10-22(42(29(45)46)30(47)48-32(4,5)6)26(24)41-27(43)19-14-18(7-8-20(19)36)40-28(44)25-23(33(25,37)38)15-11-16(34)13-17(35)12-15/h7-14,23,25H,1-6H3,(H,40,44)(H,41,43)(H,45,46)/t23-,25+/m0/s1. The summed E-state index contributed by atoms with van der Waals surface area (Å²) in [6.07, 6.45) is -3.00. The van der Waals surface area contributed by atoms with Gasteiger partial charge in [-0.25, -0.2) is 14.0 Å². The second kappa shape index (κ2) is 13.6. The number of carboxylic acid groups (broad SMARTS) is 1. The summed E-state index contributed by atoms with van der Waals surface area (Å²) in [6, 6.07) is 10.8. The van der Waals surface area contributed by atoms with E-state index in [1.807, 2.05) is 0 Å². The third-order valence-corrected chi connectivity index (χ3v) is 8.89. The molecule has 15 heteroatoms. The predicted octanol–water partition coefficient (Wildman–Crippen LogP) is 10.3. The van der Waals surface area contributed by atoms with Crippen molar-refractivity contribution in [3.05, 3.63) is 86.1 Å². The molecule has 48 heavy (non-hydrogen) atoms. The lowest BCUT2D eigenvalue weighted by molar-refractivity contribution is -0.117. The van der Waals surface area contributed by atoms with Gasteiger partial charge < -0.3 is 20.5 Å². The normalized spacial score (nSPS) is 16.9. The van der Waals surface area contributed by atoms with Gasteiger partial charge in [0, 0.05) is 27.2 Å². The lowest BCUT2D eigenvalue weighted by Crippen LogP contribution is -2.41. The number of carbonyl (C=O) groups excluding carboxylic acids is 3. The van der Waals surface area contributed by atoms with Crippen molar-refractivity contribution >= 4 is 99.1 Å². The minimum atomic E-state index is -1.73. The van der Waals surface area contributed by atoms with E-state index in [0.29, 0.717) is 15.6 Å². The fraction of sp³-hybridized carbons (Fsp3) is 0.333. The lowest BCUT2D eigenvalue weighted by Gasteiger charge is -2.30. The quantitative estimate of drug-likeness (QED) is 0.215. The number of hydrogen-bond donors (Lipinski definition) is 3. The maximum absolute atomic E-state index is 15.4. The van der Waals surface area contributed by atoms with Crippen molar-refractivity contribution in [2.45, 2.75) is 62.8 Å². The summed E-state index contributed by atoms with van der Waals surface area (Å²) in [6.45, 7) is 9.56. The molecule has 0 aliphatic heterocycles. The average molecular weight is 762 g/mol. The molecule has 1 saturated carbocycles. The molecular formula is C33H31Cl5FN3O6. The number of benzene rings is 3. The third kappa shape index (κ3) is 8.12. The fourth-order valence-corrected chi connectivity index (χ4v) is 6.77. The van der Waals surface area contributed by atoms with Crippen LogP contribution in [0.25, 0.3) is 0 Å². The van der Waals surface area contributed by atoms with Gasteiger partial charge in [-0.05, 0) is 80.3 Å². The van der Waals surface area contributed by atoms with Crippen LogP contribution in [0.3, 0.4) is 0 Å². The molecule has 256 valence electrons. The SMILES string of the molecule is CC(C)(C)OC(=O)N(C(=O)O)c1ccc(F)c(C(C)(C)C)c1NC(=O)c1cc(NC(=O)[C@H]2[C@H](c3cc(Cl)cc(Cl)c3)C2(Cl)Cl)ccc1Cl. The molecule has 0 spiro atoms. The van der Waals surface area contributed by atoms with Crippen molar-refractivity contribution in [1.29, 1.82) is 0 Å². The van der Waals surface area contributed by atoms with Crippen molar-refractivity contribution < 1.29 is 33.4 Å². The van der Waals surface area contributed by atoms with E-state index in [-0.39, 0.29) is 38.1 Å². The van der Waals surface area contributed by atoms with Gasteiger partial charge in [0.25, 0.3) is 5.91 Å². The number of nitrogens with zero attached hydrogens (tertiary/aromatic N) is 1. The van der Waals surface area contributed by atoms with E-state index in [0.717, 1.165) is 12.1 Å². The highest BCUT2D eigenvalue weighted by molar-refractivity contribution is 6.53. The molecule has 1 aliphatic carbocycles. The first-order valence-corrected chi connectivity index (χ1v) is 16.3. The third-order valence-electron chi connectivity index (χ3n) is 7.19. The molecule has 0 bridgehead atoms. The van der Waals surface area contributed by atoms with Crippen LogP contribution in [-0.4, -0.2) is 39.0 Å². The van der Waals surface area contributed by atoms with Gasteiger partial charge in [0.2, 0.25) is 5.91 Å². The summed E-state index contributed by atoms with van der Waals surface area (Å²) in [5.41, 5.74) is -2.29. The van der Waals surface area contributed by atoms with Crippen LogP contribution >= 0.6 is 58.0 Å². The fourth-order valence-electron chi connectivity index (χ4n) is 5.20. The number of anilines is 3. The molecule has 0 heterocycles. The Morgan fingerprint density at radius 1 is 0.896 bits per heavy atom. The van der Waals surface area contributed by atoms with Crippen molar-refractivity contribution in [3.8, 4) is 0 Å². The van der Waals surface area contributed by atoms with Crippen LogP contribution in [0.1, 0.15) is 68.9 Å². The minimum absolute atomic E-state index is 0.0510. The summed E-state index contributed by atoms with van der Waals surface area (Å²) in [5, 5.41) is 15.9. The summed E-state index contributed by atoms with van der Waals surface area (Å²) >= 11 is 31.6. The molecule has 9 nitrogen and oxygen atoms in total. The zero-order chi connectivity index (χ0) is 36.1. The lowest BCUT2D eigenvalue weighted by atomic mass is 9.84. The van der Waals surface area contributed by atoms with Crippen LogP contribution in [0.2, 0.25) is 15.1 Å². The number of alkyl halides is 2. The van der Waals surface area contributed by atoms with E-state index in [4.69, 9.17) is 62.7 Å². The Morgan fingerprint density at radius 3 is 2.04 bits per heavy atom. The Bertz CT molecular complexity index is 1800. The number of ether oxygens (including phenoxy) is 1. The van der Waals surface area contributed by atoms with E-state index in [2.05, 4.69) is 10.6 Å². The highest BCUT2D eigenvalue weighted by atomic mass is 35.5.